The van der Waals surface area contributed by atoms with Gasteiger partial charge in [-0.05, 0) is 84.7 Å². The minimum Gasteiger partial charge on any atom is -0.300 e. The minimum atomic E-state index is -1.54. The molecule has 0 heterocycles. The van der Waals surface area contributed by atoms with Crippen molar-refractivity contribution in [3.63, 3.8) is 0 Å². The smallest absolute Gasteiger partial charge is 0.194 e. The maximum absolute atomic E-state index is 14.0. The number of rotatable bonds is 8. The zero-order valence-corrected chi connectivity index (χ0v) is 18.9. The highest BCUT2D eigenvalue weighted by Gasteiger charge is 2.33. The van der Waals surface area contributed by atoms with Gasteiger partial charge in [-0.25, -0.2) is 26.3 Å². The van der Waals surface area contributed by atoms with E-state index in [2.05, 4.69) is 0 Å². The molecule has 2 fully saturated rings. The minimum absolute atomic E-state index is 0.00452. The Balaban J connectivity index is 1.59. The van der Waals surface area contributed by atoms with Crippen LogP contribution in [0.5, 0.6) is 0 Å². The monoisotopic (exact) mass is 482 g/mol. The third kappa shape index (κ3) is 5.33. The van der Waals surface area contributed by atoms with Crippen molar-refractivity contribution in [3.8, 4) is 0 Å². The molecule has 34 heavy (non-hydrogen) atoms. The zero-order valence-electron chi connectivity index (χ0n) is 18.9. The molecular weight excluding hydrogens is 454 g/mol. The van der Waals surface area contributed by atoms with Crippen molar-refractivity contribution in [1.29, 1.82) is 0 Å². The molecule has 0 N–H and O–H groups in total. The average molecular weight is 483 g/mol. The summed E-state index contributed by atoms with van der Waals surface area (Å²) >= 11 is 0. The second kappa shape index (κ2) is 10.5. The molecule has 0 aliphatic heterocycles. The second-order valence-corrected chi connectivity index (χ2v) is 9.85. The molecule has 2 aromatic rings. The van der Waals surface area contributed by atoms with Gasteiger partial charge in [0, 0.05) is 12.8 Å². The van der Waals surface area contributed by atoms with Gasteiger partial charge in [0.2, 0.25) is 0 Å². The van der Waals surface area contributed by atoms with Crippen molar-refractivity contribution in [1.82, 2.24) is 0 Å². The van der Waals surface area contributed by atoms with E-state index in [-0.39, 0.29) is 41.6 Å². The van der Waals surface area contributed by atoms with Gasteiger partial charge in [-0.15, -0.1) is 0 Å². The molecule has 0 radical (unpaired) electrons. The lowest BCUT2D eigenvalue weighted by molar-refractivity contribution is -0.120. The van der Waals surface area contributed by atoms with Crippen molar-refractivity contribution < 1.29 is 31.1 Å². The molecule has 0 aromatic heterocycles. The summed E-state index contributed by atoms with van der Waals surface area (Å²) in [5.41, 5.74) is 0.515. The van der Waals surface area contributed by atoms with Gasteiger partial charge in [0.25, 0.3) is 0 Å². The van der Waals surface area contributed by atoms with Crippen LogP contribution in [-0.4, -0.2) is 5.78 Å². The Morgan fingerprint density at radius 2 is 0.912 bits per heavy atom. The lowest BCUT2D eigenvalue weighted by Gasteiger charge is -2.27. The highest BCUT2D eigenvalue weighted by atomic mass is 19.2. The van der Waals surface area contributed by atoms with Crippen LogP contribution in [0.2, 0.25) is 0 Å². The molecule has 2 atom stereocenters. The van der Waals surface area contributed by atoms with Crippen LogP contribution in [0.15, 0.2) is 24.3 Å². The van der Waals surface area contributed by atoms with Gasteiger partial charge >= 0.3 is 0 Å². The molecule has 1 nitrogen and oxygen atoms in total. The van der Waals surface area contributed by atoms with E-state index < -0.39 is 46.7 Å². The predicted molar refractivity (Wildman–Crippen MR) is 116 cm³/mol. The average Bonchev–Trinajstić information content (AvgIpc) is 3.52. The maximum atomic E-state index is 14.0. The predicted octanol–water partition coefficient (Wildman–Crippen LogP) is 8.12. The largest absolute Gasteiger partial charge is 0.300 e. The lowest BCUT2D eigenvalue weighted by atomic mass is 9.77. The fourth-order valence-corrected chi connectivity index (χ4v) is 5.99. The Kier molecular flexibility index (Phi) is 7.68. The SMILES string of the molecule is O=C(CC(c1cc(F)c(F)c(F)c1)C1CCCC1)CC(c1cc(F)c(F)c(F)c1)C1CCCC1. The Hall–Kier alpha value is -2.31. The molecule has 0 spiro atoms. The molecule has 2 aromatic carbocycles. The Morgan fingerprint density at radius 3 is 1.21 bits per heavy atom. The topological polar surface area (TPSA) is 17.1 Å². The quantitative estimate of drug-likeness (QED) is 0.274. The molecule has 4 rings (SSSR count). The summed E-state index contributed by atoms with van der Waals surface area (Å²) in [5, 5.41) is 0. The first-order valence-corrected chi connectivity index (χ1v) is 12.0. The van der Waals surface area contributed by atoms with Crippen LogP contribution in [-0.2, 0) is 4.79 Å². The number of hydrogen-bond acceptors (Lipinski definition) is 1. The summed E-state index contributed by atoms with van der Waals surface area (Å²) in [6.45, 7) is 0. The Labute approximate surface area is 195 Å². The summed E-state index contributed by atoms with van der Waals surface area (Å²) in [6.07, 6.45) is 7.01. The summed E-state index contributed by atoms with van der Waals surface area (Å²) in [7, 11) is 0. The van der Waals surface area contributed by atoms with Crippen LogP contribution in [0.3, 0.4) is 0 Å². The molecule has 2 unspecified atom stereocenters. The van der Waals surface area contributed by atoms with E-state index in [4.69, 9.17) is 0 Å². The van der Waals surface area contributed by atoms with Crippen molar-refractivity contribution in [2.24, 2.45) is 11.8 Å². The Morgan fingerprint density at radius 1 is 0.618 bits per heavy atom. The molecule has 184 valence electrons. The van der Waals surface area contributed by atoms with Gasteiger partial charge in [-0.2, -0.15) is 0 Å². The van der Waals surface area contributed by atoms with Gasteiger partial charge in [-0.1, -0.05) is 25.7 Å². The van der Waals surface area contributed by atoms with Crippen LogP contribution in [0, 0.1) is 46.7 Å². The molecule has 7 heteroatoms. The summed E-state index contributed by atoms with van der Waals surface area (Å²) in [6, 6.07) is 3.86. The second-order valence-electron chi connectivity index (χ2n) is 9.85. The first kappa shape index (κ1) is 24.8. The maximum Gasteiger partial charge on any atom is 0.194 e. The number of halogens is 6. The highest BCUT2D eigenvalue weighted by Crippen LogP contribution is 2.43. The van der Waals surface area contributed by atoms with Crippen LogP contribution >= 0.6 is 0 Å². The third-order valence-electron chi connectivity index (χ3n) is 7.70. The van der Waals surface area contributed by atoms with E-state index >= 15 is 0 Å². The Bertz CT molecular complexity index is 912. The highest BCUT2D eigenvalue weighted by molar-refractivity contribution is 5.80. The van der Waals surface area contributed by atoms with E-state index in [0.29, 0.717) is 0 Å². The van der Waals surface area contributed by atoms with E-state index in [9.17, 15) is 31.1 Å². The van der Waals surface area contributed by atoms with Gasteiger partial charge in [-0.3, -0.25) is 4.79 Å². The molecule has 0 saturated heterocycles. The lowest BCUT2D eigenvalue weighted by Crippen LogP contribution is -2.20. The molecule has 0 bridgehead atoms. The molecule has 2 aliphatic rings. The van der Waals surface area contributed by atoms with Crippen LogP contribution < -0.4 is 0 Å². The van der Waals surface area contributed by atoms with Crippen molar-refractivity contribution >= 4 is 5.78 Å². The molecular formula is C27H28F6O. The molecule has 2 aliphatic carbocycles. The van der Waals surface area contributed by atoms with Crippen LogP contribution in [0.4, 0.5) is 26.3 Å². The first-order chi connectivity index (χ1) is 16.2. The number of benzene rings is 2. The van der Waals surface area contributed by atoms with E-state index in [0.717, 1.165) is 75.6 Å². The molecule has 0 amide bonds. The summed E-state index contributed by atoms with van der Waals surface area (Å²) in [4.78, 5) is 13.3. The number of ketones is 1. The van der Waals surface area contributed by atoms with Gasteiger partial charge < -0.3 is 0 Å². The van der Waals surface area contributed by atoms with Gasteiger partial charge in [0.05, 0.1) is 0 Å². The number of Topliss-reactive ketones (excluding diaryl/α,β-unsaturated/α-hetero) is 1. The van der Waals surface area contributed by atoms with Crippen molar-refractivity contribution in [2.75, 3.05) is 0 Å². The number of hydrogen-bond donors (Lipinski definition) is 0. The van der Waals surface area contributed by atoms with Crippen LogP contribution in [0.1, 0.15) is 87.2 Å². The van der Waals surface area contributed by atoms with E-state index in [1.807, 2.05) is 0 Å². The van der Waals surface area contributed by atoms with Crippen LogP contribution in [0.25, 0.3) is 0 Å². The fourth-order valence-electron chi connectivity index (χ4n) is 5.99. The third-order valence-corrected chi connectivity index (χ3v) is 7.70. The fraction of sp³-hybridized carbons (Fsp3) is 0.519. The first-order valence-electron chi connectivity index (χ1n) is 12.0. The zero-order chi connectivity index (χ0) is 24.4. The number of carbonyl (C=O) groups excluding carboxylic acids is 1. The molecule has 2 saturated carbocycles. The standard InChI is InChI=1S/C27H28F6O/c28-22-9-17(10-23(29)26(22)32)20(15-5-1-2-6-15)13-19(34)14-21(16-7-3-4-8-16)18-11-24(30)27(33)25(31)12-18/h9-12,15-16,20-21H,1-8,13-14H2. The summed E-state index contributed by atoms with van der Waals surface area (Å²) < 4.78 is 82.9. The van der Waals surface area contributed by atoms with Crippen molar-refractivity contribution in [2.45, 2.75) is 76.0 Å². The normalized spacial score (nSPS) is 19.0. The van der Waals surface area contributed by atoms with Gasteiger partial charge in [0.1, 0.15) is 5.78 Å². The summed E-state index contributed by atoms with van der Waals surface area (Å²) in [5.74, 6) is -9.27. The van der Waals surface area contributed by atoms with Gasteiger partial charge in [0.15, 0.2) is 34.9 Å². The number of carbonyl (C=O) groups is 1. The van der Waals surface area contributed by atoms with E-state index in [1.54, 1.807) is 0 Å². The van der Waals surface area contributed by atoms with Crippen molar-refractivity contribution in [3.05, 3.63) is 70.3 Å². The van der Waals surface area contributed by atoms with E-state index in [1.165, 1.54) is 0 Å².